The number of amides is 3. The van der Waals surface area contributed by atoms with E-state index in [9.17, 15) is 24.3 Å². The standard InChI is InChI=1S/C22H27Cl2N3O6S/c1-3-33-22(32)25-12-15(21(30)31)26-20(29)14-8-10-27(11-9-14)17(28)7-5-13-4-6-16(34-2)19(24)18(13)23/h4-7,14-15H,3,8-12H2,1-2H3,(H,25,32)(H,26,29)(H,30,31)/b7-5+/t15-/m0/s1. The fourth-order valence-corrected chi connectivity index (χ4v) is 4.49. The van der Waals surface area contributed by atoms with Crippen LogP contribution in [0, 0.1) is 5.92 Å². The Balaban J connectivity index is 1.88. The Morgan fingerprint density at radius 1 is 1.24 bits per heavy atom. The molecule has 1 aromatic carbocycles. The van der Waals surface area contributed by atoms with Crippen molar-refractivity contribution in [3.05, 3.63) is 33.8 Å². The molecular formula is C22H27Cl2N3O6S. The van der Waals surface area contributed by atoms with Crippen molar-refractivity contribution >= 4 is 64.9 Å². The van der Waals surface area contributed by atoms with Crippen LogP contribution in [-0.2, 0) is 19.1 Å². The van der Waals surface area contributed by atoms with Gasteiger partial charge in [0.2, 0.25) is 11.8 Å². The van der Waals surface area contributed by atoms with Crippen LogP contribution >= 0.6 is 35.0 Å². The van der Waals surface area contributed by atoms with Gasteiger partial charge in [-0.15, -0.1) is 11.8 Å². The van der Waals surface area contributed by atoms with Gasteiger partial charge in [0.1, 0.15) is 6.04 Å². The van der Waals surface area contributed by atoms with Crippen LogP contribution in [0.15, 0.2) is 23.1 Å². The SMILES string of the molecule is CCOC(=O)NC[C@H](NC(=O)C1CCN(C(=O)/C=C/c2ccc(SC)c(Cl)c2Cl)CC1)C(=O)O. The molecule has 0 radical (unpaired) electrons. The number of carbonyl (C=O) groups is 4. The number of aliphatic carboxylic acids is 1. The molecule has 3 amide bonds. The fourth-order valence-electron chi connectivity index (χ4n) is 3.32. The Kier molecular flexibility index (Phi) is 11.0. The highest BCUT2D eigenvalue weighted by molar-refractivity contribution is 7.98. The quantitative estimate of drug-likeness (QED) is 0.329. The number of carboxylic acid groups (broad SMARTS) is 1. The first-order valence-corrected chi connectivity index (χ1v) is 12.6. The van der Waals surface area contributed by atoms with Crippen LogP contribution in [0.25, 0.3) is 6.08 Å². The number of thioether (sulfide) groups is 1. The molecule has 1 fully saturated rings. The van der Waals surface area contributed by atoms with Gasteiger partial charge >= 0.3 is 12.1 Å². The van der Waals surface area contributed by atoms with E-state index in [0.29, 0.717) is 41.5 Å². The van der Waals surface area contributed by atoms with Gasteiger partial charge in [0.05, 0.1) is 23.2 Å². The molecule has 0 saturated carbocycles. The molecule has 1 aromatic rings. The zero-order valence-corrected chi connectivity index (χ0v) is 21.1. The Hall–Kier alpha value is -2.43. The molecule has 34 heavy (non-hydrogen) atoms. The van der Waals surface area contributed by atoms with Gasteiger partial charge in [0, 0.05) is 30.0 Å². The summed E-state index contributed by atoms with van der Waals surface area (Å²) in [5.74, 6) is -2.37. The third kappa shape index (κ3) is 7.82. The number of nitrogens with one attached hydrogen (secondary N) is 2. The number of hydrogen-bond acceptors (Lipinski definition) is 6. The Morgan fingerprint density at radius 3 is 2.50 bits per heavy atom. The van der Waals surface area contributed by atoms with Crippen molar-refractivity contribution in [2.45, 2.75) is 30.7 Å². The van der Waals surface area contributed by atoms with E-state index in [1.165, 1.54) is 17.8 Å². The topological polar surface area (TPSA) is 125 Å². The average molecular weight is 532 g/mol. The van der Waals surface area contributed by atoms with E-state index < -0.39 is 29.9 Å². The van der Waals surface area contributed by atoms with E-state index in [4.69, 9.17) is 23.2 Å². The van der Waals surface area contributed by atoms with Crippen LogP contribution in [0.1, 0.15) is 25.3 Å². The van der Waals surface area contributed by atoms with Crippen molar-refractivity contribution in [1.82, 2.24) is 15.5 Å². The molecule has 0 aliphatic carbocycles. The highest BCUT2D eigenvalue weighted by Crippen LogP contribution is 2.35. The molecule has 9 nitrogen and oxygen atoms in total. The summed E-state index contributed by atoms with van der Waals surface area (Å²) in [6.07, 6.45) is 4.93. The molecule has 0 unspecified atom stereocenters. The summed E-state index contributed by atoms with van der Waals surface area (Å²) < 4.78 is 4.68. The number of nitrogens with zero attached hydrogens (tertiary/aromatic N) is 1. The molecule has 186 valence electrons. The highest BCUT2D eigenvalue weighted by atomic mass is 35.5. The van der Waals surface area contributed by atoms with Gasteiger partial charge in [0.15, 0.2) is 0 Å². The van der Waals surface area contributed by atoms with Crippen molar-refractivity contribution in [2.24, 2.45) is 5.92 Å². The first-order valence-electron chi connectivity index (χ1n) is 10.6. The smallest absolute Gasteiger partial charge is 0.407 e. The molecule has 0 aromatic heterocycles. The van der Waals surface area contributed by atoms with Crippen LogP contribution in [0.3, 0.4) is 0 Å². The zero-order valence-electron chi connectivity index (χ0n) is 18.8. The third-order valence-electron chi connectivity index (χ3n) is 5.22. The van der Waals surface area contributed by atoms with E-state index in [0.717, 1.165) is 4.90 Å². The minimum Gasteiger partial charge on any atom is -0.480 e. The summed E-state index contributed by atoms with van der Waals surface area (Å²) in [4.78, 5) is 50.3. The third-order valence-corrected chi connectivity index (χ3v) is 7.01. The predicted octanol–water partition coefficient (Wildman–Crippen LogP) is 3.28. The number of halogens is 2. The van der Waals surface area contributed by atoms with Crippen molar-refractivity contribution in [2.75, 3.05) is 32.5 Å². The molecule has 0 spiro atoms. The predicted molar refractivity (Wildman–Crippen MR) is 131 cm³/mol. The number of carboxylic acids is 1. The van der Waals surface area contributed by atoms with Gasteiger partial charge in [0.25, 0.3) is 0 Å². The summed E-state index contributed by atoms with van der Waals surface area (Å²) in [5, 5.41) is 14.9. The lowest BCUT2D eigenvalue weighted by Gasteiger charge is -2.31. The van der Waals surface area contributed by atoms with Gasteiger partial charge in [-0.3, -0.25) is 9.59 Å². The number of likely N-dealkylation sites (tertiary alicyclic amines) is 1. The first-order chi connectivity index (χ1) is 16.2. The molecule has 1 aliphatic heterocycles. The molecular weight excluding hydrogens is 505 g/mol. The number of rotatable bonds is 9. The van der Waals surface area contributed by atoms with E-state index in [1.54, 1.807) is 24.0 Å². The Labute approximate surface area is 212 Å². The van der Waals surface area contributed by atoms with Crippen molar-refractivity contribution in [3.8, 4) is 0 Å². The second-order valence-corrected chi connectivity index (χ2v) is 9.02. The normalized spacial score (nSPS) is 15.1. The molecule has 1 heterocycles. The molecule has 1 saturated heterocycles. The number of hydrogen-bond donors (Lipinski definition) is 3. The largest absolute Gasteiger partial charge is 0.480 e. The van der Waals surface area contributed by atoms with Crippen LogP contribution in [-0.4, -0.2) is 72.4 Å². The maximum absolute atomic E-state index is 12.6. The average Bonchev–Trinajstić information content (AvgIpc) is 2.82. The summed E-state index contributed by atoms with van der Waals surface area (Å²) in [7, 11) is 0. The van der Waals surface area contributed by atoms with Gasteiger partial charge < -0.3 is 25.4 Å². The van der Waals surface area contributed by atoms with E-state index >= 15 is 0 Å². The molecule has 1 atom stereocenters. The van der Waals surface area contributed by atoms with Gasteiger partial charge in [-0.05, 0) is 43.7 Å². The molecule has 2 rings (SSSR count). The second-order valence-electron chi connectivity index (χ2n) is 7.42. The van der Waals surface area contributed by atoms with Crippen LogP contribution in [0.4, 0.5) is 4.79 Å². The summed E-state index contributed by atoms with van der Waals surface area (Å²) in [5.41, 5.74) is 0.628. The van der Waals surface area contributed by atoms with E-state index in [2.05, 4.69) is 15.4 Å². The Morgan fingerprint density at radius 2 is 1.91 bits per heavy atom. The lowest BCUT2D eigenvalue weighted by Crippen LogP contribution is -2.51. The van der Waals surface area contributed by atoms with E-state index in [1.807, 2.05) is 12.3 Å². The van der Waals surface area contributed by atoms with Gasteiger partial charge in [-0.1, -0.05) is 29.3 Å². The lowest BCUT2D eigenvalue weighted by molar-refractivity contribution is -0.142. The molecule has 3 N–H and O–H groups in total. The Bertz CT molecular complexity index is 951. The summed E-state index contributed by atoms with van der Waals surface area (Å²) >= 11 is 14.0. The minimum absolute atomic E-state index is 0.146. The minimum atomic E-state index is -1.28. The number of benzene rings is 1. The van der Waals surface area contributed by atoms with Crippen molar-refractivity contribution in [1.29, 1.82) is 0 Å². The number of carbonyl (C=O) groups excluding carboxylic acids is 3. The monoisotopic (exact) mass is 531 g/mol. The van der Waals surface area contributed by atoms with Crippen LogP contribution in [0.5, 0.6) is 0 Å². The number of alkyl carbamates (subject to hydrolysis) is 1. The first kappa shape index (κ1) is 27.8. The molecule has 12 heteroatoms. The molecule has 1 aliphatic rings. The summed E-state index contributed by atoms with van der Waals surface area (Å²) in [6, 6.07) is 2.34. The number of piperidine rings is 1. The second kappa shape index (κ2) is 13.5. The van der Waals surface area contributed by atoms with E-state index in [-0.39, 0.29) is 19.1 Å². The van der Waals surface area contributed by atoms with Gasteiger partial charge in [-0.2, -0.15) is 0 Å². The lowest BCUT2D eigenvalue weighted by atomic mass is 9.95. The van der Waals surface area contributed by atoms with Crippen molar-refractivity contribution < 1.29 is 29.0 Å². The van der Waals surface area contributed by atoms with Crippen LogP contribution < -0.4 is 10.6 Å². The van der Waals surface area contributed by atoms with Gasteiger partial charge in [-0.25, -0.2) is 9.59 Å². The number of ether oxygens (including phenoxy) is 1. The van der Waals surface area contributed by atoms with Crippen LogP contribution in [0.2, 0.25) is 10.0 Å². The molecule has 0 bridgehead atoms. The maximum atomic E-state index is 12.6. The maximum Gasteiger partial charge on any atom is 0.407 e. The fraction of sp³-hybridized carbons (Fsp3) is 0.455. The van der Waals surface area contributed by atoms with Crippen molar-refractivity contribution in [3.63, 3.8) is 0 Å². The zero-order chi connectivity index (χ0) is 25.3. The highest BCUT2D eigenvalue weighted by Gasteiger charge is 2.30. The summed E-state index contributed by atoms with van der Waals surface area (Å²) in [6.45, 7) is 2.16.